The van der Waals surface area contributed by atoms with E-state index in [1.165, 1.54) is 23.8 Å². The summed E-state index contributed by atoms with van der Waals surface area (Å²) in [6.45, 7) is 5.85. The molecule has 0 saturated heterocycles. The Labute approximate surface area is 174 Å². The summed E-state index contributed by atoms with van der Waals surface area (Å²) in [5, 5.41) is 5.22. The number of carbonyl (C=O) groups excluding carboxylic acids is 2. The van der Waals surface area contributed by atoms with Crippen LogP contribution in [0.2, 0.25) is 0 Å². The summed E-state index contributed by atoms with van der Waals surface area (Å²) in [6, 6.07) is 18.4. The van der Waals surface area contributed by atoms with Gasteiger partial charge in [0.1, 0.15) is 0 Å². The second kappa shape index (κ2) is 9.80. The first kappa shape index (κ1) is 20.5. The van der Waals surface area contributed by atoms with Crippen LogP contribution in [0.4, 0.5) is 5.13 Å². The van der Waals surface area contributed by atoms with E-state index in [1.807, 2.05) is 35.7 Å². The highest BCUT2D eigenvalue weighted by Crippen LogP contribution is 2.29. The molecule has 3 rings (SSSR count). The number of nitrogens with zero attached hydrogens (tertiary/aromatic N) is 2. The fourth-order valence-electron chi connectivity index (χ4n) is 2.88. The molecule has 0 spiro atoms. The van der Waals surface area contributed by atoms with E-state index in [2.05, 4.69) is 41.1 Å². The van der Waals surface area contributed by atoms with Crippen LogP contribution in [-0.4, -0.2) is 29.9 Å². The maximum absolute atomic E-state index is 12.6. The van der Waals surface area contributed by atoms with Crippen LogP contribution in [0, 0.1) is 0 Å². The highest BCUT2D eigenvalue weighted by molar-refractivity contribution is 7.14. The van der Waals surface area contributed by atoms with Gasteiger partial charge in [-0.1, -0.05) is 60.7 Å². The van der Waals surface area contributed by atoms with E-state index >= 15 is 0 Å². The minimum Gasteiger partial charge on any atom is -0.356 e. The zero-order valence-electron chi connectivity index (χ0n) is 16.3. The maximum atomic E-state index is 12.6. The third kappa shape index (κ3) is 5.39. The number of carbonyl (C=O) groups is 2. The van der Waals surface area contributed by atoms with Crippen molar-refractivity contribution >= 4 is 28.3 Å². The van der Waals surface area contributed by atoms with E-state index in [0.29, 0.717) is 18.2 Å². The molecule has 148 valence electrons. The number of anilines is 1. The average Bonchev–Trinajstić information content (AvgIpc) is 3.22. The molecule has 0 fully saturated rings. The van der Waals surface area contributed by atoms with Gasteiger partial charge in [0, 0.05) is 37.4 Å². The number of hydrogen-bond acceptors (Lipinski definition) is 4. The molecule has 0 aliphatic carbocycles. The summed E-state index contributed by atoms with van der Waals surface area (Å²) in [4.78, 5) is 29.8. The molecule has 2 amide bonds. The predicted molar refractivity (Wildman–Crippen MR) is 119 cm³/mol. The topological polar surface area (TPSA) is 62.3 Å². The fourth-order valence-corrected chi connectivity index (χ4v) is 3.74. The quantitative estimate of drug-likeness (QED) is 0.561. The van der Waals surface area contributed by atoms with Crippen molar-refractivity contribution in [2.45, 2.75) is 13.3 Å². The normalized spacial score (nSPS) is 10.4. The standard InChI is InChI=1S/C23H23N3O2S/c1-3-15-26(22(28)13-14-24-17(2)27)23-25-21(16-29-23)20-11-9-19(10-12-20)18-7-5-4-6-8-18/h3-12,16H,1,13-15H2,2H3,(H,24,27). The maximum Gasteiger partial charge on any atom is 0.230 e. The van der Waals surface area contributed by atoms with Crippen LogP contribution in [0.3, 0.4) is 0 Å². The third-order valence-corrected chi connectivity index (χ3v) is 5.20. The summed E-state index contributed by atoms with van der Waals surface area (Å²) < 4.78 is 0. The van der Waals surface area contributed by atoms with Crippen molar-refractivity contribution in [3.8, 4) is 22.4 Å². The molecule has 0 unspecified atom stereocenters. The van der Waals surface area contributed by atoms with Crippen LogP contribution >= 0.6 is 11.3 Å². The first-order chi connectivity index (χ1) is 14.1. The second-order valence-electron chi connectivity index (χ2n) is 6.48. The van der Waals surface area contributed by atoms with E-state index in [4.69, 9.17) is 0 Å². The van der Waals surface area contributed by atoms with Gasteiger partial charge in [-0.3, -0.25) is 14.5 Å². The fraction of sp³-hybridized carbons (Fsp3) is 0.174. The van der Waals surface area contributed by atoms with Crippen molar-refractivity contribution in [3.05, 3.63) is 72.6 Å². The Balaban J connectivity index is 1.74. The molecule has 29 heavy (non-hydrogen) atoms. The number of benzene rings is 2. The molecular weight excluding hydrogens is 382 g/mol. The number of amides is 2. The molecule has 6 heteroatoms. The first-order valence-electron chi connectivity index (χ1n) is 9.35. The van der Waals surface area contributed by atoms with Crippen LogP contribution in [-0.2, 0) is 9.59 Å². The number of nitrogens with one attached hydrogen (secondary N) is 1. The predicted octanol–water partition coefficient (Wildman–Crippen LogP) is 4.52. The molecule has 0 aliphatic heterocycles. The van der Waals surface area contributed by atoms with Crippen LogP contribution in [0.15, 0.2) is 72.6 Å². The van der Waals surface area contributed by atoms with Gasteiger partial charge in [-0.2, -0.15) is 0 Å². The monoisotopic (exact) mass is 405 g/mol. The molecular formula is C23H23N3O2S. The van der Waals surface area contributed by atoms with Gasteiger partial charge in [0.2, 0.25) is 11.8 Å². The zero-order chi connectivity index (χ0) is 20.6. The largest absolute Gasteiger partial charge is 0.356 e. The Morgan fingerprint density at radius 2 is 1.72 bits per heavy atom. The van der Waals surface area contributed by atoms with Crippen LogP contribution < -0.4 is 10.2 Å². The number of rotatable bonds is 8. The lowest BCUT2D eigenvalue weighted by Crippen LogP contribution is -2.34. The Morgan fingerprint density at radius 3 is 2.38 bits per heavy atom. The molecule has 0 bridgehead atoms. The van der Waals surface area contributed by atoms with Gasteiger partial charge in [-0.05, 0) is 11.1 Å². The SMILES string of the molecule is C=CCN(C(=O)CCNC(C)=O)c1nc(-c2ccc(-c3ccccc3)cc2)cs1. The van der Waals surface area contributed by atoms with Gasteiger partial charge in [0.05, 0.1) is 5.69 Å². The summed E-state index contributed by atoms with van der Waals surface area (Å²) in [5.74, 6) is -0.248. The van der Waals surface area contributed by atoms with E-state index in [0.717, 1.165) is 16.8 Å². The lowest BCUT2D eigenvalue weighted by Gasteiger charge is -2.18. The van der Waals surface area contributed by atoms with Gasteiger partial charge in [-0.25, -0.2) is 4.98 Å². The Hall–Kier alpha value is -3.25. The van der Waals surface area contributed by atoms with Crippen molar-refractivity contribution in [2.24, 2.45) is 0 Å². The number of thiazole rings is 1. The van der Waals surface area contributed by atoms with E-state index < -0.39 is 0 Å². The van der Waals surface area contributed by atoms with Crippen molar-refractivity contribution in [3.63, 3.8) is 0 Å². The van der Waals surface area contributed by atoms with E-state index in [1.54, 1.807) is 11.0 Å². The van der Waals surface area contributed by atoms with Crippen LogP contribution in [0.25, 0.3) is 22.4 Å². The van der Waals surface area contributed by atoms with Gasteiger partial charge in [-0.15, -0.1) is 17.9 Å². The summed E-state index contributed by atoms with van der Waals surface area (Å²) in [6.07, 6.45) is 1.89. The van der Waals surface area contributed by atoms with Crippen LogP contribution in [0.5, 0.6) is 0 Å². The summed E-state index contributed by atoms with van der Waals surface area (Å²) in [7, 11) is 0. The summed E-state index contributed by atoms with van der Waals surface area (Å²) in [5.41, 5.74) is 4.14. The lowest BCUT2D eigenvalue weighted by atomic mass is 10.0. The van der Waals surface area contributed by atoms with E-state index in [9.17, 15) is 9.59 Å². The first-order valence-corrected chi connectivity index (χ1v) is 10.2. The van der Waals surface area contributed by atoms with E-state index in [-0.39, 0.29) is 18.2 Å². The molecule has 3 aromatic rings. The molecule has 5 nitrogen and oxygen atoms in total. The smallest absolute Gasteiger partial charge is 0.230 e. The molecule has 1 N–H and O–H groups in total. The number of aromatic nitrogens is 1. The van der Waals surface area contributed by atoms with Crippen molar-refractivity contribution < 1.29 is 9.59 Å². The highest BCUT2D eigenvalue weighted by atomic mass is 32.1. The zero-order valence-corrected chi connectivity index (χ0v) is 17.1. The molecule has 0 saturated carbocycles. The summed E-state index contributed by atoms with van der Waals surface area (Å²) >= 11 is 1.42. The highest BCUT2D eigenvalue weighted by Gasteiger charge is 2.18. The van der Waals surface area contributed by atoms with Crippen molar-refractivity contribution in [1.82, 2.24) is 10.3 Å². The van der Waals surface area contributed by atoms with Crippen molar-refractivity contribution in [1.29, 1.82) is 0 Å². The second-order valence-corrected chi connectivity index (χ2v) is 7.32. The molecule has 2 aromatic carbocycles. The minimum absolute atomic E-state index is 0.0982. The Kier molecular flexibility index (Phi) is 6.92. The molecule has 0 radical (unpaired) electrons. The third-order valence-electron chi connectivity index (χ3n) is 4.34. The molecule has 0 aliphatic rings. The molecule has 1 heterocycles. The van der Waals surface area contributed by atoms with Gasteiger partial charge >= 0.3 is 0 Å². The van der Waals surface area contributed by atoms with Gasteiger partial charge in [0.25, 0.3) is 0 Å². The van der Waals surface area contributed by atoms with Gasteiger partial charge in [0.15, 0.2) is 5.13 Å². The van der Waals surface area contributed by atoms with Gasteiger partial charge < -0.3 is 5.32 Å². The molecule has 1 aromatic heterocycles. The number of hydrogen-bond donors (Lipinski definition) is 1. The lowest BCUT2D eigenvalue weighted by molar-refractivity contribution is -0.119. The van der Waals surface area contributed by atoms with Crippen molar-refractivity contribution in [2.75, 3.05) is 18.0 Å². The Morgan fingerprint density at radius 1 is 1.07 bits per heavy atom. The molecule has 0 atom stereocenters. The minimum atomic E-state index is -0.149. The Bertz CT molecular complexity index is 981. The van der Waals surface area contributed by atoms with Crippen LogP contribution in [0.1, 0.15) is 13.3 Å². The average molecular weight is 406 g/mol.